The summed E-state index contributed by atoms with van der Waals surface area (Å²) in [5.41, 5.74) is 5.65. The molecule has 0 spiro atoms. The zero-order valence-corrected chi connectivity index (χ0v) is 6.73. The fraction of sp³-hybridized carbons (Fsp3) is 0.714. The van der Waals surface area contributed by atoms with E-state index < -0.39 is 0 Å². The van der Waals surface area contributed by atoms with Crippen molar-refractivity contribution in [3.05, 3.63) is 0 Å². The summed E-state index contributed by atoms with van der Waals surface area (Å²) in [6.07, 6.45) is 6.22. The molecule has 0 radical (unpaired) electrons. The van der Waals surface area contributed by atoms with Gasteiger partial charge in [0.2, 0.25) is 0 Å². The molecule has 10 heavy (non-hydrogen) atoms. The topological polar surface area (TPSA) is 29.3 Å². The van der Waals surface area contributed by atoms with Gasteiger partial charge >= 0.3 is 0 Å². The van der Waals surface area contributed by atoms with Crippen LogP contribution in [0.3, 0.4) is 0 Å². The number of likely N-dealkylation sites (tertiary alicyclic amines) is 1. The van der Waals surface area contributed by atoms with E-state index in [0.29, 0.717) is 6.04 Å². The summed E-state index contributed by atoms with van der Waals surface area (Å²) in [5, 5.41) is 0. The number of hydrogen-bond donors (Lipinski definition) is 1. The minimum absolute atomic E-state index is 0. The van der Waals surface area contributed by atoms with Gasteiger partial charge in [0.25, 0.3) is 0 Å². The molecule has 0 aromatic heterocycles. The lowest BCUT2D eigenvalue weighted by Crippen LogP contribution is -2.26. The Morgan fingerprint density at radius 3 is 2.80 bits per heavy atom. The fourth-order valence-electron chi connectivity index (χ4n) is 1.14. The molecule has 0 aromatic carbocycles. The molecule has 1 fully saturated rings. The Balaban J connectivity index is 0.000000810. The summed E-state index contributed by atoms with van der Waals surface area (Å²) in [6.45, 7) is 2.81. The Morgan fingerprint density at radius 2 is 2.40 bits per heavy atom. The van der Waals surface area contributed by atoms with Crippen LogP contribution in [0.25, 0.3) is 0 Å². The molecule has 0 saturated carbocycles. The van der Waals surface area contributed by atoms with Crippen LogP contribution in [-0.4, -0.2) is 30.6 Å². The molecular formula is C7H13ClN2. The van der Waals surface area contributed by atoms with Gasteiger partial charge in [0, 0.05) is 19.1 Å². The van der Waals surface area contributed by atoms with Crippen molar-refractivity contribution < 1.29 is 0 Å². The standard InChI is InChI=1S/C7H12N2.ClH/c1-2-4-9-5-3-7(8)6-9;/h1,7H,3-6,8H2;1H. The van der Waals surface area contributed by atoms with Crippen molar-refractivity contribution in [2.45, 2.75) is 12.5 Å². The van der Waals surface area contributed by atoms with Crippen molar-refractivity contribution >= 4 is 12.4 Å². The molecule has 0 amide bonds. The molecule has 0 bridgehead atoms. The van der Waals surface area contributed by atoms with Crippen LogP contribution >= 0.6 is 12.4 Å². The van der Waals surface area contributed by atoms with Crippen molar-refractivity contribution in [1.29, 1.82) is 0 Å². The summed E-state index contributed by atoms with van der Waals surface area (Å²) >= 11 is 0. The molecular weight excluding hydrogens is 148 g/mol. The highest BCUT2D eigenvalue weighted by atomic mass is 35.5. The molecule has 1 unspecified atom stereocenters. The SMILES string of the molecule is C#CCN1CCC(N)C1.Cl. The van der Waals surface area contributed by atoms with Gasteiger partial charge in [-0.05, 0) is 6.42 Å². The van der Waals surface area contributed by atoms with Crippen molar-refractivity contribution in [1.82, 2.24) is 4.90 Å². The number of hydrogen-bond acceptors (Lipinski definition) is 2. The average Bonchev–Trinajstić information content (AvgIpc) is 2.17. The van der Waals surface area contributed by atoms with E-state index in [9.17, 15) is 0 Å². The number of halogens is 1. The molecule has 1 saturated heterocycles. The van der Waals surface area contributed by atoms with Crippen molar-refractivity contribution in [2.75, 3.05) is 19.6 Å². The predicted molar refractivity (Wildman–Crippen MR) is 45.1 cm³/mol. The maximum absolute atomic E-state index is 5.65. The maximum Gasteiger partial charge on any atom is 0.0599 e. The van der Waals surface area contributed by atoms with E-state index in [2.05, 4.69) is 10.8 Å². The molecule has 2 nitrogen and oxygen atoms in total. The molecule has 0 aliphatic carbocycles. The van der Waals surface area contributed by atoms with Crippen LogP contribution in [0.15, 0.2) is 0 Å². The van der Waals surface area contributed by atoms with Gasteiger partial charge in [-0.15, -0.1) is 18.8 Å². The third-order valence-electron chi connectivity index (χ3n) is 1.62. The van der Waals surface area contributed by atoms with Crippen molar-refractivity contribution in [3.63, 3.8) is 0 Å². The van der Waals surface area contributed by atoms with E-state index in [1.54, 1.807) is 0 Å². The summed E-state index contributed by atoms with van der Waals surface area (Å²) in [4.78, 5) is 2.20. The molecule has 3 heteroatoms. The minimum atomic E-state index is 0. The summed E-state index contributed by atoms with van der Waals surface area (Å²) in [7, 11) is 0. The highest BCUT2D eigenvalue weighted by Crippen LogP contribution is 2.04. The van der Waals surface area contributed by atoms with Crippen LogP contribution in [0.4, 0.5) is 0 Å². The molecule has 1 aliphatic heterocycles. The monoisotopic (exact) mass is 160 g/mol. The second-order valence-corrected chi connectivity index (χ2v) is 2.49. The second-order valence-electron chi connectivity index (χ2n) is 2.49. The summed E-state index contributed by atoms with van der Waals surface area (Å²) < 4.78 is 0. The lowest BCUT2D eigenvalue weighted by Gasteiger charge is -2.09. The van der Waals surface area contributed by atoms with Gasteiger partial charge in [0.15, 0.2) is 0 Å². The number of nitrogens with two attached hydrogens (primary N) is 1. The van der Waals surface area contributed by atoms with Gasteiger partial charge in [-0.3, -0.25) is 4.90 Å². The van der Waals surface area contributed by atoms with E-state index in [1.807, 2.05) is 0 Å². The van der Waals surface area contributed by atoms with Crippen molar-refractivity contribution in [3.8, 4) is 12.3 Å². The number of rotatable bonds is 1. The van der Waals surface area contributed by atoms with Crippen LogP contribution in [-0.2, 0) is 0 Å². The summed E-state index contributed by atoms with van der Waals surface area (Å²) in [5.74, 6) is 2.60. The van der Waals surface area contributed by atoms with Gasteiger partial charge in [-0.25, -0.2) is 0 Å². The van der Waals surface area contributed by atoms with Crippen molar-refractivity contribution in [2.24, 2.45) is 5.73 Å². The second kappa shape index (κ2) is 4.56. The smallest absolute Gasteiger partial charge is 0.0599 e. The lowest BCUT2D eigenvalue weighted by atomic mass is 10.3. The van der Waals surface area contributed by atoms with Crippen LogP contribution in [0.2, 0.25) is 0 Å². The molecule has 58 valence electrons. The normalized spacial score (nSPS) is 25.4. The molecule has 1 rings (SSSR count). The quantitative estimate of drug-likeness (QED) is 0.551. The number of nitrogens with zero attached hydrogens (tertiary/aromatic N) is 1. The van der Waals surface area contributed by atoms with Crippen LogP contribution < -0.4 is 5.73 Å². The maximum atomic E-state index is 5.65. The Kier molecular flexibility index (Phi) is 4.46. The Morgan fingerprint density at radius 1 is 1.70 bits per heavy atom. The highest BCUT2D eigenvalue weighted by Gasteiger charge is 2.16. The van der Waals surface area contributed by atoms with E-state index >= 15 is 0 Å². The minimum Gasteiger partial charge on any atom is -0.326 e. The fourth-order valence-corrected chi connectivity index (χ4v) is 1.14. The lowest BCUT2D eigenvalue weighted by molar-refractivity contribution is 0.377. The molecule has 1 heterocycles. The van der Waals surface area contributed by atoms with Crippen LogP contribution in [0, 0.1) is 12.3 Å². The first-order valence-corrected chi connectivity index (χ1v) is 3.24. The average molecular weight is 161 g/mol. The first-order valence-electron chi connectivity index (χ1n) is 3.24. The van der Waals surface area contributed by atoms with Crippen LogP contribution in [0.1, 0.15) is 6.42 Å². The first kappa shape index (κ1) is 9.77. The van der Waals surface area contributed by atoms with E-state index in [-0.39, 0.29) is 12.4 Å². The van der Waals surface area contributed by atoms with Gasteiger partial charge in [0.1, 0.15) is 0 Å². The van der Waals surface area contributed by atoms with E-state index in [0.717, 1.165) is 26.1 Å². The Bertz CT molecular complexity index is 130. The Hall–Kier alpha value is -0.230. The number of terminal acetylenes is 1. The third-order valence-corrected chi connectivity index (χ3v) is 1.62. The zero-order chi connectivity index (χ0) is 6.69. The molecule has 2 N–H and O–H groups in total. The zero-order valence-electron chi connectivity index (χ0n) is 5.92. The van der Waals surface area contributed by atoms with E-state index in [4.69, 9.17) is 12.2 Å². The Labute approximate surface area is 68.2 Å². The molecule has 1 atom stereocenters. The van der Waals surface area contributed by atoms with Crippen LogP contribution in [0.5, 0.6) is 0 Å². The first-order chi connectivity index (χ1) is 4.33. The van der Waals surface area contributed by atoms with Gasteiger partial charge < -0.3 is 5.73 Å². The van der Waals surface area contributed by atoms with Gasteiger partial charge in [-0.1, -0.05) is 5.92 Å². The molecule has 1 aliphatic rings. The predicted octanol–water partition coefficient (Wildman–Crippen LogP) is 0.0744. The van der Waals surface area contributed by atoms with Gasteiger partial charge in [0.05, 0.1) is 6.54 Å². The largest absolute Gasteiger partial charge is 0.326 e. The van der Waals surface area contributed by atoms with Gasteiger partial charge in [-0.2, -0.15) is 0 Å². The third kappa shape index (κ3) is 2.57. The van der Waals surface area contributed by atoms with E-state index in [1.165, 1.54) is 0 Å². The summed E-state index contributed by atoms with van der Waals surface area (Å²) in [6, 6.07) is 0.360. The highest BCUT2D eigenvalue weighted by molar-refractivity contribution is 5.85. The molecule has 0 aromatic rings.